The van der Waals surface area contributed by atoms with Crippen LogP contribution < -0.4 is 5.32 Å². The number of carbonyl (C=O) groups excluding carboxylic acids is 1. The molecule has 1 fully saturated rings. The number of hydrogen-bond donors (Lipinski definition) is 5. The summed E-state index contributed by atoms with van der Waals surface area (Å²) in [5.74, 6) is -0.0390. The summed E-state index contributed by atoms with van der Waals surface area (Å²) in [5, 5.41) is 42.8. The van der Waals surface area contributed by atoms with E-state index in [1.54, 1.807) is 0 Å². The van der Waals surface area contributed by atoms with Crippen LogP contribution in [0.4, 0.5) is 4.79 Å². The average molecular weight is 314 g/mol. The van der Waals surface area contributed by atoms with E-state index in [9.17, 15) is 30.1 Å². The van der Waals surface area contributed by atoms with E-state index in [1.165, 1.54) is 0 Å². The van der Waals surface area contributed by atoms with Crippen LogP contribution in [0.1, 0.15) is 0 Å². The standard InChI is InChI=1S/C9H16ClN3O7/c10-1-2-13(12-19)9(18)11-8(17)7-6(16)5(15)4(14)3-20-7/h4-8,14-17H,1-3H2,(H,11,18)/t4-,5+,6-,7-,8?/m0/s1. The van der Waals surface area contributed by atoms with Gasteiger partial charge in [-0.3, -0.25) is 0 Å². The summed E-state index contributed by atoms with van der Waals surface area (Å²) in [6.45, 7) is -0.494. The molecule has 1 heterocycles. The fraction of sp³-hybridized carbons (Fsp3) is 0.889. The highest BCUT2D eigenvalue weighted by molar-refractivity contribution is 6.18. The number of aliphatic hydroxyl groups excluding tert-OH is 4. The fourth-order valence-electron chi connectivity index (χ4n) is 1.65. The van der Waals surface area contributed by atoms with Crippen LogP contribution in [0.25, 0.3) is 0 Å². The number of aliphatic hydroxyl groups is 4. The fourth-order valence-corrected chi connectivity index (χ4v) is 1.81. The van der Waals surface area contributed by atoms with Gasteiger partial charge >= 0.3 is 6.03 Å². The Bertz CT molecular complexity index is 348. The third kappa shape index (κ3) is 3.98. The van der Waals surface area contributed by atoms with Gasteiger partial charge in [-0.1, -0.05) is 0 Å². The van der Waals surface area contributed by atoms with Crippen LogP contribution in [0.15, 0.2) is 5.29 Å². The van der Waals surface area contributed by atoms with Gasteiger partial charge in [0.2, 0.25) is 0 Å². The number of urea groups is 1. The maximum Gasteiger partial charge on any atom is 0.342 e. The Morgan fingerprint density at radius 1 is 1.45 bits per heavy atom. The zero-order valence-corrected chi connectivity index (χ0v) is 11.0. The van der Waals surface area contributed by atoms with Crippen molar-refractivity contribution in [1.82, 2.24) is 10.3 Å². The first-order valence-corrected chi connectivity index (χ1v) is 6.27. The van der Waals surface area contributed by atoms with Gasteiger partial charge in [-0.2, -0.15) is 5.01 Å². The van der Waals surface area contributed by atoms with Gasteiger partial charge in [-0.25, -0.2) is 4.79 Å². The molecule has 0 radical (unpaired) electrons. The number of nitroso groups, excluding NO2 is 1. The molecule has 1 unspecified atom stereocenters. The zero-order chi connectivity index (χ0) is 15.3. The third-order valence-electron chi connectivity index (χ3n) is 2.75. The Balaban J connectivity index is 2.59. The third-order valence-corrected chi connectivity index (χ3v) is 2.92. The number of ether oxygens (including phenoxy) is 1. The number of amides is 2. The number of rotatable bonds is 5. The van der Waals surface area contributed by atoms with Crippen molar-refractivity contribution in [2.45, 2.75) is 30.6 Å². The lowest BCUT2D eigenvalue weighted by Crippen LogP contribution is -2.61. The van der Waals surface area contributed by atoms with Crippen molar-refractivity contribution in [1.29, 1.82) is 0 Å². The molecule has 2 amide bonds. The van der Waals surface area contributed by atoms with Crippen LogP contribution in [0, 0.1) is 4.91 Å². The van der Waals surface area contributed by atoms with Gasteiger partial charge in [0.15, 0.2) is 6.23 Å². The van der Waals surface area contributed by atoms with Gasteiger partial charge in [-0.05, 0) is 0 Å². The first-order valence-electron chi connectivity index (χ1n) is 5.73. The highest BCUT2D eigenvalue weighted by Gasteiger charge is 2.41. The molecule has 1 rings (SSSR count). The van der Waals surface area contributed by atoms with E-state index < -0.39 is 36.7 Å². The van der Waals surface area contributed by atoms with E-state index in [0.717, 1.165) is 0 Å². The molecule has 5 atom stereocenters. The summed E-state index contributed by atoms with van der Waals surface area (Å²) < 4.78 is 4.93. The van der Waals surface area contributed by atoms with Gasteiger partial charge in [0.25, 0.3) is 0 Å². The van der Waals surface area contributed by atoms with Gasteiger partial charge in [0.05, 0.1) is 18.4 Å². The van der Waals surface area contributed by atoms with E-state index in [4.69, 9.17) is 16.3 Å². The SMILES string of the molecule is O=NN(CCCl)C(=O)NC(O)[C@H]1OC[C@H](O)[C@@H](O)[C@@H]1O. The highest BCUT2D eigenvalue weighted by atomic mass is 35.5. The number of nitrogens with one attached hydrogen (secondary N) is 1. The van der Waals surface area contributed by atoms with Crippen molar-refractivity contribution in [3.63, 3.8) is 0 Å². The van der Waals surface area contributed by atoms with E-state index in [2.05, 4.69) is 5.29 Å². The van der Waals surface area contributed by atoms with E-state index in [1.807, 2.05) is 5.32 Å². The molecule has 0 saturated carbocycles. The lowest BCUT2D eigenvalue weighted by atomic mass is 9.99. The summed E-state index contributed by atoms with van der Waals surface area (Å²) in [6.07, 6.45) is -7.50. The molecule has 0 bridgehead atoms. The smallest absolute Gasteiger partial charge is 0.342 e. The second-order valence-electron chi connectivity index (χ2n) is 4.13. The molecule has 1 aliphatic rings. The minimum absolute atomic E-state index is 0.0390. The molecule has 0 aliphatic carbocycles. The van der Waals surface area contributed by atoms with Crippen molar-refractivity contribution in [2.75, 3.05) is 19.0 Å². The van der Waals surface area contributed by atoms with Crippen LogP contribution in [0.5, 0.6) is 0 Å². The van der Waals surface area contributed by atoms with Gasteiger partial charge in [0.1, 0.15) is 24.4 Å². The molecule has 116 valence electrons. The molecule has 0 aromatic carbocycles. The molecular formula is C9H16ClN3O7. The van der Waals surface area contributed by atoms with Crippen molar-refractivity contribution in [2.24, 2.45) is 5.29 Å². The largest absolute Gasteiger partial charge is 0.388 e. The Hall–Kier alpha value is -1.04. The molecular weight excluding hydrogens is 298 g/mol. The summed E-state index contributed by atoms with van der Waals surface area (Å²) in [5.41, 5.74) is 0. The Morgan fingerprint density at radius 2 is 2.10 bits per heavy atom. The molecule has 20 heavy (non-hydrogen) atoms. The van der Waals surface area contributed by atoms with E-state index >= 15 is 0 Å². The van der Waals surface area contributed by atoms with Crippen molar-refractivity contribution in [3.8, 4) is 0 Å². The highest BCUT2D eigenvalue weighted by Crippen LogP contribution is 2.17. The Labute approximate surface area is 118 Å². The monoisotopic (exact) mass is 313 g/mol. The molecule has 11 heteroatoms. The summed E-state index contributed by atoms with van der Waals surface area (Å²) in [4.78, 5) is 21.9. The Kier molecular flexibility index (Phi) is 6.52. The lowest BCUT2D eigenvalue weighted by Gasteiger charge is -2.37. The maximum absolute atomic E-state index is 11.5. The minimum Gasteiger partial charge on any atom is -0.388 e. The number of halogens is 1. The summed E-state index contributed by atoms with van der Waals surface area (Å²) >= 11 is 5.35. The minimum atomic E-state index is -1.71. The van der Waals surface area contributed by atoms with E-state index in [-0.39, 0.29) is 19.0 Å². The molecule has 0 spiro atoms. The predicted molar refractivity (Wildman–Crippen MR) is 65.5 cm³/mol. The topological polar surface area (TPSA) is 152 Å². The lowest BCUT2D eigenvalue weighted by molar-refractivity contribution is -0.213. The van der Waals surface area contributed by atoms with Crippen molar-refractivity contribution in [3.05, 3.63) is 4.91 Å². The van der Waals surface area contributed by atoms with Crippen LogP contribution in [-0.4, -0.2) is 81.1 Å². The van der Waals surface area contributed by atoms with Crippen LogP contribution in [-0.2, 0) is 4.74 Å². The van der Waals surface area contributed by atoms with Gasteiger partial charge < -0.3 is 30.5 Å². The first-order chi connectivity index (χ1) is 9.42. The second kappa shape index (κ2) is 7.67. The number of nitrogens with zero attached hydrogens (tertiary/aromatic N) is 2. The molecule has 1 aliphatic heterocycles. The van der Waals surface area contributed by atoms with Gasteiger partial charge in [-0.15, -0.1) is 16.5 Å². The van der Waals surface area contributed by atoms with Gasteiger partial charge in [0, 0.05) is 5.88 Å². The zero-order valence-electron chi connectivity index (χ0n) is 10.3. The molecule has 1 saturated heterocycles. The second-order valence-corrected chi connectivity index (χ2v) is 4.51. The number of alkyl halides is 1. The predicted octanol–water partition coefficient (Wildman–Crippen LogP) is -2.28. The summed E-state index contributed by atoms with van der Waals surface area (Å²) in [6, 6.07) is -1.04. The van der Waals surface area contributed by atoms with Crippen LogP contribution in [0.3, 0.4) is 0 Å². The Morgan fingerprint density at radius 3 is 2.65 bits per heavy atom. The van der Waals surface area contributed by atoms with Crippen LogP contribution in [0.2, 0.25) is 0 Å². The van der Waals surface area contributed by atoms with Crippen molar-refractivity contribution >= 4 is 17.6 Å². The average Bonchev–Trinajstić information content (AvgIpc) is 2.41. The van der Waals surface area contributed by atoms with E-state index in [0.29, 0.717) is 5.01 Å². The maximum atomic E-state index is 11.5. The molecule has 5 N–H and O–H groups in total. The molecule has 10 nitrogen and oxygen atoms in total. The molecule has 0 aromatic rings. The number of carbonyl (C=O) groups is 1. The normalized spacial score (nSPS) is 31.4. The quantitative estimate of drug-likeness (QED) is 0.166. The first kappa shape index (κ1) is 17.0. The summed E-state index contributed by atoms with van der Waals surface area (Å²) in [7, 11) is 0. The number of hydrogen-bond acceptors (Lipinski definition) is 8. The van der Waals surface area contributed by atoms with Crippen molar-refractivity contribution < 1.29 is 30.0 Å². The molecule has 0 aromatic heterocycles. The van der Waals surface area contributed by atoms with Crippen LogP contribution >= 0.6 is 11.6 Å².